The molecule has 2 rings (SSSR count). The number of hydrogen-bond donors (Lipinski definition) is 2. The van der Waals surface area contributed by atoms with E-state index in [1.165, 1.54) is 0 Å². The number of benzene rings is 1. The molecule has 0 saturated heterocycles. The Balaban J connectivity index is 2.23. The fourth-order valence-electron chi connectivity index (χ4n) is 2.62. The summed E-state index contributed by atoms with van der Waals surface area (Å²) in [6.45, 7) is 5.77. The van der Waals surface area contributed by atoms with Crippen LogP contribution in [0.4, 0.5) is 22.0 Å². The molecule has 1 aromatic rings. The van der Waals surface area contributed by atoms with Crippen LogP contribution in [-0.2, 0) is 11.8 Å². The molecule has 1 aliphatic carbocycles. The predicted octanol–water partition coefficient (Wildman–Crippen LogP) is 5.38. The molecule has 0 radical (unpaired) electrons. The zero-order valence-electron chi connectivity index (χ0n) is 14.1. The highest BCUT2D eigenvalue weighted by atomic mass is 32.9. The summed E-state index contributed by atoms with van der Waals surface area (Å²) in [7, 11) is 0. The van der Waals surface area contributed by atoms with Crippen molar-refractivity contribution in [3.8, 4) is 4.93 Å². The topological polar surface area (TPSA) is 46.2 Å². The first-order valence-electron chi connectivity index (χ1n) is 7.70. The molecule has 1 aliphatic rings. The molecule has 27 heavy (non-hydrogen) atoms. The lowest BCUT2D eigenvalue weighted by molar-refractivity contribution is 0.00811. The quantitative estimate of drug-likeness (QED) is 0.159. The van der Waals surface area contributed by atoms with Crippen molar-refractivity contribution in [2.75, 3.05) is 0 Å². The third-order valence-corrected chi connectivity index (χ3v) is 9.93. The zero-order valence-corrected chi connectivity index (χ0v) is 17.4. The van der Waals surface area contributed by atoms with Gasteiger partial charge in [0.15, 0.2) is 51.4 Å². The summed E-state index contributed by atoms with van der Waals surface area (Å²) in [5.41, 5.74) is 5.38. The van der Waals surface area contributed by atoms with Crippen LogP contribution < -0.4 is 5.73 Å². The van der Waals surface area contributed by atoms with E-state index < -0.39 is 50.9 Å². The Morgan fingerprint density at radius 1 is 1.22 bits per heavy atom. The molecular weight excluding hydrogens is 444 g/mol. The second-order valence-corrected chi connectivity index (χ2v) is 12.3. The first-order chi connectivity index (χ1) is 12.5. The van der Waals surface area contributed by atoms with Crippen molar-refractivity contribution < 1.29 is 27.1 Å². The second kappa shape index (κ2) is 8.82. The summed E-state index contributed by atoms with van der Waals surface area (Å²) in [6.07, 6.45) is 1.54. The van der Waals surface area contributed by atoms with Gasteiger partial charge >= 0.3 is 5.90 Å². The highest BCUT2D eigenvalue weighted by Gasteiger charge is 2.39. The number of hydrogen-bond acceptors (Lipinski definition) is 4. The van der Waals surface area contributed by atoms with E-state index in [4.69, 9.17) is 17.5 Å². The Labute approximate surface area is 167 Å². The predicted molar refractivity (Wildman–Crippen MR) is 103 cm³/mol. The molecule has 3 N–H and O–H groups in total. The molecule has 1 unspecified atom stereocenters. The summed E-state index contributed by atoms with van der Waals surface area (Å²) in [5.74, 6) is -11.8. The minimum absolute atomic E-state index is 0.160. The van der Waals surface area contributed by atoms with Crippen LogP contribution in [0.5, 0.6) is 0 Å². The smallest absolute Gasteiger partial charge is 0.343 e. The maximum Gasteiger partial charge on any atom is 0.343 e. The molecular formula is C16H16F5NOPS3+. The Bertz CT molecular complexity index is 839. The molecule has 0 heterocycles. The summed E-state index contributed by atoms with van der Waals surface area (Å²) < 4.78 is 67.1. The molecule has 1 saturated carbocycles. The average Bonchev–Trinajstić information content (AvgIpc) is 2.60. The maximum atomic E-state index is 13.7. The van der Waals surface area contributed by atoms with Gasteiger partial charge in [-0.2, -0.15) is 0 Å². The lowest BCUT2D eigenvalue weighted by Gasteiger charge is -2.37. The van der Waals surface area contributed by atoms with Crippen molar-refractivity contribution in [2.45, 2.75) is 42.1 Å². The lowest BCUT2D eigenvalue weighted by Crippen LogP contribution is -2.52. The van der Waals surface area contributed by atoms with Crippen molar-refractivity contribution >= 4 is 40.3 Å². The van der Waals surface area contributed by atoms with Crippen LogP contribution in [0.15, 0.2) is 17.0 Å². The Kier molecular flexibility index (Phi) is 7.41. The number of allylic oxidation sites excluding steroid dienone is 1. The van der Waals surface area contributed by atoms with Crippen LogP contribution >= 0.6 is 28.5 Å². The molecule has 1 aromatic carbocycles. The van der Waals surface area contributed by atoms with E-state index in [9.17, 15) is 27.1 Å². The van der Waals surface area contributed by atoms with Gasteiger partial charge in [0.1, 0.15) is 10.6 Å². The van der Waals surface area contributed by atoms with Gasteiger partial charge in [-0.1, -0.05) is 23.3 Å². The minimum Gasteiger partial charge on any atom is -0.375 e. The van der Waals surface area contributed by atoms with Crippen LogP contribution in [0.25, 0.3) is 0 Å². The van der Waals surface area contributed by atoms with E-state index in [-0.39, 0.29) is 5.92 Å². The van der Waals surface area contributed by atoms with Crippen LogP contribution in [-0.4, -0.2) is 16.1 Å². The van der Waals surface area contributed by atoms with Gasteiger partial charge in [0.2, 0.25) is 5.82 Å². The summed E-state index contributed by atoms with van der Waals surface area (Å²) in [5, 5.41) is 9.85. The van der Waals surface area contributed by atoms with Crippen molar-refractivity contribution in [1.82, 2.24) is 0 Å². The molecule has 0 aromatic heterocycles. The third kappa shape index (κ3) is 5.07. The summed E-state index contributed by atoms with van der Waals surface area (Å²) in [6, 6.07) is 0. The second-order valence-electron chi connectivity index (χ2n) is 6.25. The van der Waals surface area contributed by atoms with E-state index in [0.717, 1.165) is 16.7 Å². The van der Waals surface area contributed by atoms with Gasteiger partial charge in [-0.3, -0.25) is 0 Å². The molecule has 0 amide bonds. The molecule has 148 valence electrons. The standard InChI is InChI=1S/C16H16F5NOPS3/c1-7(2)8-3-4-16(22,23)9(5-8)26-6-24(25)27-15-13(20)11(18)10(17)12(19)14(15)21/h8-9,23H,1,3-5,22H2,2H3/q+1/t8-,9+,16+/m1/s1. The van der Waals surface area contributed by atoms with E-state index in [1.807, 2.05) is 6.92 Å². The Morgan fingerprint density at radius 3 is 2.26 bits per heavy atom. The van der Waals surface area contributed by atoms with Crippen molar-refractivity contribution in [3.63, 3.8) is 0 Å². The Morgan fingerprint density at radius 2 is 1.74 bits per heavy atom. The minimum atomic E-state index is -2.22. The highest BCUT2D eigenvalue weighted by molar-refractivity contribution is 8.66. The third-order valence-electron chi connectivity index (χ3n) is 4.26. The molecule has 0 bridgehead atoms. The fraction of sp³-hybridized carbons (Fsp3) is 0.438. The zero-order chi connectivity index (χ0) is 20.5. The average molecular weight is 460 g/mol. The fourth-order valence-corrected chi connectivity index (χ4v) is 7.53. The van der Waals surface area contributed by atoms with Gasteiger partial charge < -0.3 is 10.8 Å². The van der Waals surface area contributed by atoms with Gasteiger partial charge in [-0.05, 0) is 32.1 Å². The van der Waals surface area contributed by atoms with E-state index in [2.05, 4.69) is 11.5 Å². The monoisotopic (exact) mass is 460 g/mol. The number of halogens is 5. The van der Waals surface area contributed by atoms with Gasteiger partial charge in [-0.15, -0.1) is 0 Å². The van der Waals surface area contributed by atoms with E-state index >= 15 is 0 Å². The molecule has 0 aliphatic heterocycles. The molecule has 4 atom stereocenters. The molecule has 1 fully saturated rings. The first-order valence-corrected chi connectivity index (χ1v) is 12.4. The largest absolute Gasteiger partial charge is 0.375 e. The Hall–Kier alpha value is -0.600. The lowest BCUT2D eigenvalue weighted by atomic mass is 9.80. The summed E-state index contributed by atoms with van der Waals surface area (Å²) >= 11 is 6.41. The van der Waals surface area contributed by atoms with Gasteiger partial charge in [0.05, 0.1) is 5.25 Å². The first kappa shape index (κ1) is 22.7. The van der Waals surface area contributed by atoms with Gasteiger partial charge in [0.25, 0.3) is 0 Å². The van der Waals surface area contributed by atoms with Crippen molar-refractivity contribution in [3.05, 3.63) is 41.2 Å². The van der Waals surface area contributed by atoms with Crippen LogP contribution in [0.1, 0.15) is 26.2 Å². The van der Waals surface area contributed by atoms with E-state index in [0.29, 0.717) is 30.6 Å². The normalized spacial score (nSPS) is 25.7. The number of aliphatic hydroxyl groups is 1. The molecule has 11 heteroatoms. The van der Waals surface area contributed by atoms with Gasteiger partial charge in [-0.25, -0.2) is 22.0 Å². The maximum absolute atomic E-state index is 13.7. The van der Waals surface area contributed by atoms with Crippen molar-refractivity contribution in [2.24, 2.45) is 11.7 Å². The summed E-state index contributed by atoms with van der Waals surface area (Å²) in [4.78, 5) is 1.71. The number of rotatable bonds is 3. The molecule has 0 spiro atoms. The van der Waals surface area contributed by atoms with Gasteiger partial charge in [0, 0.05) is 0 Å². The van der Waals surface area contributed by atoms with Crippen molar-refractivity contribution in [1.29, 1.82) is 0 Å². The van der Waals surface area contributed by atoms with Crippen LogP contribution in [0.2, 0.25) is 0 Å². The SMILES string of the molecule is C=C(C)[C@@H]1CC[C@](N)(O)[C@@H](S#C[P+](=S)Sc2c(F)c(F)c(F)c(F)c2F)C1. The van der Waals surface area contributed by atoms with Crippen LogP contribution in [0, 0.1) is 39.9 Å². The number of nitrogens with two attached hydrogens (primary N) is 1. The van der Waals surface area contributed by atoms with E-state index in [1.54, 1.807) is 0 Å². The molecule has 2 nitrogen and oxygen atoms in total. The highest BCUT2D eigenvalue weighted by Crippen LogP contribution is 2.48. The van der Waals surface area contributed by atoms with Crippen LogP contribution in [0.3, 0.4) is 0 Å².